The maximum Gasteiger partial charge on any atom is 0.372 e. The highest BCUT2D eigenvalue weighted by atomic mass is 16.4. The second-order valence-corrected chi connectivity index (χ2v) is 5.32. The first-order chi connectivity index (χ1) is 9.21. The highest BCUT2D eigenvalue weighted by Crippen LogP contribution is 2.23. The Kier molecular flexibility index (Phi) is 3.39. The standard InChI is InChI=1S/C13H16N2O5/c1-7-4-8(20-10(7)11(17)18)5-15-6-9(16)14-12(19)13(15,2)3/h4H,5-6H2,1-3H3,(H,17,18)(H,14,16,19). The lowest BCUT2D eigenvalue weighted by Crippen LogP contribution is -2.63. The number of carbonyl (C=O) groups is 3. The van der Waals surface area contributed by atoms with Crippen LogP contribution in [-0.4, -0.2) is 39.9 Å². The van der Waals surface area contributed by atoms with Gasteiger partial charge in [0, 0.05) is 5.56 Å². The first-order valence-corrected chi connectivity index (χ1v) is 6.13. The van der Waals surface area contributed by atoms with Crippen LogP contribution >= 0.6 is 0 Å². The van der Waals surface area contributed by atoms with E-state index in [4.69, 9.17) is 9.52 Å². The second-order valence-electron chi connectivity index (χ2n) is 5.32. The van der Waals surface area contributed by atoms with E-state index in [2.05, 4.69) is 5.32 Å². The minimum atomic E-state index is -1.14. The summed E-state index contributed by atoms with van der Waals surface area (Å²) in [5.74, 6) is -1.60. The van der Waals surface area contributed by atoms with Gasteiger partial charge in [0.1, 0.15) is 5.76 Å². The fraction of sp³-hybridized carbons (Fsp3) is 0.462. The number of piperazine rings is 1. The van der Waals surface area contributed by atoms with Gasteiger partial charge in [-0.2, -0.15) is 0 Å². The predicted molar refractivity (Wildman–Crippen MR) is 68.0 cm³/mol. The molecule has 0 aromatic carbocycles. The molecule has 0 radical (unpaired) electrons. The highest BCUT2D eigenvalue weighted by Gasteiger charge is 2.41. The molecule has 1 aliphatic heterocycles. The Bertz CT molecular complexity index is 588. The molecule has 0 atom stereocenters. The van der Waals surface area contributed by atoms with Crippen molar-refractivity contribution in [2.45, 2.75) is 32.9 Å². The summed E-state index contributed by atoms with van der Waals surface area (Å²) in [6, 6.07) is 1.61. The number of rotatable bonds is 3. The third kappa shape index (κ3) is 2.44. The summed E-state index contributed by atoms with van der Waals surface area (Å²) >= 11 is 0. The molecule has 1 saturated heterocycles. The minimum absolute atomic E-state index is 0.0564. The maximum atomic E-state index is 11.8. The van der Waals surface area contributed by atoms with Crippen molar-refractivity contribution in [3.05, 3.63) is 23.2 Å². The topological polar surface area (TPSA) is 99.9 Å². The van der Waals surface area contributed by atoms with Crippen LogP contribution in [0, 0.1) is 6.92 Å². The van der Waals surface area contributed by atoms with Crippen molar-refractivity contribution in [1.29, 1.82) is 0 Å². The number of imide groups is 1. The van der Waals surface area contributed by atoms with Crippen LogP contribution in [-0.2, 0) is 16.1 Å². The van der Waals surface area contributed by atoms with E-state index in [0.717, 1.165) is 0 Å². The number of nitrogens with zero attached hydrogens (tertiary/aromatic N) is 1. The predicted octanol–water partition coefficient (Wildman–Crippen LogP) is 0.523. The SMILES string of the molecule is Cc1cc(CN2CC(=O)NC(=O)C2(C)C)oc1C(=O)O. The molecule has 0 aliphatic carbocycles. The summed E-state index contributed by atoms with van der Waals surface area (Å²) < 4.78 is 5.26. The Morgan fingerprint density at radius 2 is 2.15 bits per heavy atom. The van der Waals surface area contributed by atoms with E-state index in [1.54, 1.807) is 31.7 Å². The van der Waals surface area contributed by atoms with Crippen LogP contribution in [0.15, 0.2) is 10.5 Å². The normalized spacial score (nSPS) is 18.9. The average Bonchev–Trinajstić information content (AvgIpc) is 2.67. The molecule has 1 fully saturated rings. The number of aromatic carboxylic acids is 1. The number of carboxylic acid groups (broad SMARTS) is 1. The van der Waals surface area contributed by atoms with Crippen LogP contribution in [0.4, 0.5) is 0 Å². The maximum absolute atomic E-state index is 11.8. The molecule has 7 heteroatoms. The van der Waals surface area contributed by atoms with Crippen LogP contribution in [0.5, 0.6) is 0 Å². The zero-order chi connectivity index (χ0) is 15.1. The molecule has 0 saturated carbocycles. The van der Waals surface area contributed by atoms with Gasteiger partial charge in [-0.3, -0.25) is 19.8 Å². The summed E-state index contributed by atoms with van der Waals surface area (Å²) in [6.07, 6.45) is 0. The smallest absolute Gasteiger partial charge is 0.372 e. The summed E-state index contributed by atoms with van der Waals surface area (Å²) in [6.45, 7) is 5.28. The molecule has 1 aromatic heterocycles. The van der Waals surface area contributed by atoms with E-state index >= 15 is 0 Å². The molecule has 1 aromatic rings. The van der Waals surface area contributed by atoms with Crippen molar-refractivity contribution in [2.75, 3.05) is 6.54 Å². The molecule has 0 spiro atoms. The number of nitrogens with one attached hydrogen (secondary N) is 1. The lowest BCUT2D eigenvalue weighted by atomic mass is 9.98. The zero-order valence-electron chi connectivity index (χ0n) is 11.5. The lowest BCUT2D eigenvalue weighted by Gasteiger charge is -2.39. The van der Waals surface area contributed by atoms with Gasteiger partial charge in [-0.25, -0.2) is 4.79 Å². The monoisotopic (exact) mass is 280 g/mol. The number of carboxylic acids is 1. The van der Waals surface area contributed by atoms with Gasteiger partial charge in [-0.05, 0) is 26.8 Å². The summed E-state index contributed by atoms with van der Waals surface area (Å²) in [7, 11) is 0. The minimum Gasteiger partial charge on any atom is -0.475 e. The van der Waals surface area contributed by atoms with E-state index in [1.807, 2.05) is 0 Å². The van der Waals surface area contributed by atoms with Gasteiger partial charge in [0.25, 0.3) is 0 Å². The first-order valence-electron chi connectivity index (χ1n) is 6.13. The Morgan fingerprint density at radius 3 is 2.70 bits per heavy atom. The Morgan fingerprint density at radius 1 is 1.50 bits per heavy atom. The van der Waals surface area contributed by atoms with Gasteiger partial charge >= 0.3 is 5.97 Å². The number of hydrogen-bond acceptors (Lipinski definition) is 5. The van der Waals surface area contributed by atoms with Crippen LogP contribution in [0.2, 0.25) is 0 Å². The van der Waals surface area contributed by atoms with E-state index in [1.165, 1.54) is 0 Å². The summed E-state index contributed by atoms with van der Waals surface area (Å²) in [5, 5.41) is 11.2. The number of furan rings is 1. The van der Waals surface area contributed by atoms with Crippen molar-refractivity contribution < 1.29 is 23.9 Å². The van der Waals surface area contributed by atoms with Crippen LogP contribution < -0.4 is 5.32 Å². The molecule has 0 unspecified atom stereocenters. The molecule has 2 rings (SSSR count). The number of hydrogen-bond donors (Lipinski definition) is 2. The van der Waals surface area contributed by atoms with Crippen molar-refractivity contribution in [1.82, 2.24) is 10.2 Å². The second kappa shape index (κ2) is 4.75. The van der Waals surface area contributed by atoms with Crippen LogP contribution in [0.25, 0.3) is 0 Å². The third-order valence-corrected chi connectivity index (χ3v) is 3.44. The number of amides is 2. The van der Waals surface area contributed by atoms with Crippen LogP contribution in [0.1, 0.15) is 35.7 Å². The first kappa shape index (κ1) is 14.3. The molecule has 0 bridgehead atoms. The van der Waals surface area contributed by atoms with Gasteiger partial charge in [0.05, 0.1) is 18.6 Å². The van der Waals surface area contributed by atoms with Gasteiger partial charge < -0.3 is 9.52 Å². The van der Waals surface area contributed by atoms with Crippen LogP contribution in [0.3, 0.4) is 0 Å². The summed E-state index contributed by atoms with van der Waals surface area (Å²) in [4.78, 5) is 35.8. The van der Waals surface area contributed by atoms with E-state index in [-0.39, 0.29) is 30.7 Å². The van der Waals surface area contributed by atoms with E-state index in [0.29, 0.717) is 11.3 Å². The van der Waals surface area contributed by atoms with Crippen molar-refractivity contribution >= 4 is 17.8 Å². The fourth-order valence-corrected chi connectivity index (χ4v) is 2.11. The van der Waals surface area contributed by atoms with Crippen molar-refractivity contribution in [3.8, 4) is 0 Å². The molecule has 7 nitrogen and oxygen atoms in total. The molecular formula is C13H16N2O5. The fourth-order valence-electron chi connectivity index (χ4n) is 2.11. The number of aryl methyl sites for hydroxylation is 1. The zero-order valence-corrected chi connectivity index (χ0v) is 11.5. The van der Waals surface area contributed by atoms with Gasteiger partial charge in [-0.1, -0.05) is 0 Å². The molecule has 20 heavy (non-hydrogen) atoms. The third-order valence-electron chi connectivity index (χ3n) is 3.44. The largest absolute Gasteiger partial charge is 0.475 e. The Labute approximate surface area is 115 Å². The number of carbonyl (C=O) groups excluding carboxylic acids is 2. The molecule has 2 amide bonds. The van der Waals surface area contributed by atoms with E-state index in [9.17, 15) is 14.4 Å². The van der Waals surface area contributed by atoms with E-state index < -0.39 is 11.5 Å². The van der Waals surface area contributed by atoms with Gasteiger partial charge in [0.15, 0.2) is 0 Å². The van der Waals surface area contributed by atoms with Gasteiger partial charge in [-0.15, -0.1) is 0 Å². The quantitative estimate of drug-likeness (QED) is 0.783. The van der Waals surface area contributed by atoms with Crippen molar-refractivity contribution in [3.63, 3.8) is 0 Å². The van der Waals surface area contributed by atoms with Crippen molar-refractivity contribution in [2.24, 2.45) is 0 Å². The Balaban J connectivity index is 2.24. The molecule has 2 heterocycles. The molecule has 1 aliphatic rings. The molecular weight excluding hydrogens is 264 g/mol. The van der Waals surface area contributed by atoms with Gasteiger partial charge in [0.2, 0.25) is 17.6 Å². The lowest BCUT2D eigenvalue weighted by molar-refractivity contribution is -0.145. The Hall–Kier alpha value is -2.15. The highest BCUT2D eigenvalue weighted by molar-refractivity contribution is 6.02. The molecule has 108 valence electrons. The summed E-state index contributed by atoms with van der Waals surface area (Å²) in [5.41, 5.74) is -0.351. The average molecular weight is 280 g/mol. The molecule has 2 N–H and O–H groups in total.